The van der Waals surface area contributed by atoms with Crippen molar-refractivity contribution in [1.29, 1.82) is 0 Å². The maximum absolute atomic E-state index is 12.0. The van der Waals surface area contributed by atoms with Crippen LogP contribution >= 0.6 is 0 Å². The van der Waals surface area contributed by atoms with E-state index in [-0.39, 0.29) is 10.8 Å². The molecule has 7 nitrogen and oxygen atoms in total. The van der Waals surface area contributed by atoms with Gasteiger partial charge in [-0.1, -0.05) is 0 Å². The first kappa shape index (κ1) is 13.6. The number of hydrogen-bond donors (Lipinski definition) is 3. The highest BCUT2D eigenvalue weighted by molar-refractivity contribution is 5.98. The molecule has 0 saturated carbocycles. The molecular weight excluding hydrogens is 288 g/mol. The molecule has 1 aromatic carbocycles. The highest BCUT2D eigenvalue weighted by atomic mass is 16.5. The Morgan fingerprint density at radius 3 is 2.68 bits per heavy atom. The summed E-state index contributed by atoms with van der Waals surface area (Å²) >= 11 is 0. The Labute approximate surface area is 123 Å². The van der Waals surface area contributed by atoms with Gasteiger partial charge in [-0.25, -0.2) is 4.79 Å². The predicted molar refractivity (Wildman–Crippen MR) is 77.5 cm³/mol. The van der Waals surface area contributed by atoms with Crippen LogP contribution in [0, 0.1) is 0 Å². The molecule has 7 heteroatoms. The van der Waals surface area contributed by atoms with Crippen LogP contribution in [-0.2, 0) is 0 Å². The molecule has 3 N–H and O–H groups in total. The molecule has 110 valence electrons. The SMILES string of the molecule is O=C(O)c1[nH]c(=O)c2cc(Oc3cccnc3)ccc2c1O. The molecule has 3 rings (SSSR count). The molecule has 0 amide bonds. The fraction of sp³-hybridized carbons (Fsp3) is 0. The van der Waals surface area contributed by atoms with Crippen LogP contribution in [0.25, 0.3) is 10.8 Å². The summed E-state index contributed by atoms with van der Waals surface area (Å²) in [4.78, 5) is 29.0. The molecule has 0 bridgehead atoms. The van der Waals surface area contributed by atoms with Crippen LogP contribution in [0.4, 0.5) is 0 Å². The first-order valence-corrected chi connectivity index (χ1v) is 6.26. The van der Waals surface area contributed by atoms with Gasteiger partial charge in [-0.15, -0.1) is 0 Å². The zero-order valence-electron chi connectivity index (χ0n) is 11.1. The number of nitrogens with zero attached hydrogens (tertiary/aromatic N) is 1. The maximum atomic E-state index is 12.0. The molecular formula is C15H10N2O5. The normalized spacial score (nSPS) is 10.5. The number of nitrogens with one attached hydrogen (secondary N) is 1. The summed E-state index contributed by atoms with van der Waals surface area (Å²) in [7, 11) is 0. The molecule has 0 atom stereocenters. The van der Waals surface area contributed by atoms with Crippen LogP contribution in [-0.4, -0.2) is 26.2 Å². The first-order chi connectivity index (χ1) is 10.6. The smallest absolute Gasteiger partial charge is 0.356 e. The number of rotatable bonds is 3. The molecule has 0 saturated heterocycles. The van der Waals surface area contributed by atoms with Crippen LogP contribution in [0.2, 0.25) is 0 Å². The second-order valence-corrected chi connectivity index (χ2v) is 4.48. The van der Waals surface area contributed by atoms with Crippen LogP contribution in [0.1, 0.15) is 10.5 Å². The largest absolute Gasteiger partial charge is 0.505 e. The van der Waals surface area contributed by atoms with E-state index in [0.717, 1.165) is 0 Å². The van der Waals surface area contributed by atoms with E-state index >= 15 is 0 Å². The number of carboxylic acids is 1. The molecule has 2 aromatic heterocycles. The first-order valence-electron chi connectivity index (χ1n) is 6.26. The Morgan fingerprint density at radius 2 is 2.00 bits per heavy atom. The third-order valence-electron chi connectivity index (χ3n) is 3.05. The van der Waals surface area contributed by atoms with Crippen LogP contribution in [0.15, 0.2) is 47.5 Å². The van der Waals surface area contributed by atoms with Gasteiger partial charge in [0.2, 0.25) is 0 Å². The number of carbonyl (C=O) groups is 1. The summed E-state index contributed by atoms with van der Waals surface area (Å²) < 4.78 is 5.55. The molecule has 3 aromatic rings. The lowest BCUT2D eigenvalue weighted by atomic mass is 10.1. The van der Waals surface area contributed by atoms with Gasteiger partial charge in [0.05, 0.1) is 11.6 Å². The van der Waals surface area contributed by atoms with Gasteiger partial charge < -0.3 is 19.9 Å². The summed E-state index contributed by atoms with van der Waals surface area (Å²) in [5, 5.41) is 19.1. The lowest BCUT2D eigenvalue weighted by Gasteiger charge is -2.08. The van der Waals surface area contributed by atoms with Crippen molar-refractivity contribution in [2.45, 2.75) is 0 Å². The minimum Gasteiger partial charge on any atom is -0.505 e. The maximum Gasteiger partial charge on any atom is 0.356 e. The topological polar surface area (TPSA) is 113 Å². The molecule has 0 aliphatic rings. The third-order valence-corrected chi connectivity index (χ3v) is 3.05. The number of ether oxygens (including phenoxy) is 1. The van der Waals surface area contributed by atoms with Gasteiger partial charge in [-0.05, 0) is 30.3 Å². The van der Waals surface area contributed by atoms with Crippen molar-refractivity contribution in [2.24, 2.45) is 0 Å². The van der Waals surface area contributed by atoms with E-state index in [4.69, 9.17) is 9.84 Å². The number of aromatic nitrogens is 2. The monoisotopic (exact) mass is 298 g/mol. The number of fused-ring (bicyclic) bond motifs is 1. The number of aromatic carboxylic acids is 1. The van der Waals surface area contributed by atoms with E-state index in [1.807, 2.05) is 0 Å². The molecule has 0 aliphatic heterocycles. The fourth-order valence-electron chi connectivity index (χ4n) is 2.05. The fourth-order valence-corrected chi connectivity index (χ4v) is 2.05. The van der Waals surface area contributed by atoms with Gasteiger partial charge in [-0.2, -0.15) is 0 Å². The number of pyridine rings is 2. The van der Waals surface area contributed by atoms with E-state index in [2.05, 4.69) is 9.97 Å². The second kappa shape index (κ2) is 5.21. The summed E-state index contributed by atoms with van der Waals surface area (Å²) in [6.07, 6.45) is 3.11. The van der Waals surface area contributed by atoms with Gasteiger partial charge in [0.25, 0.3) is 5.56 Å². The zero-order chi connectivity index (χ0) is 15.7. The second-order valence-electron chi connectivity index (χ2n) is 4.48. The number of aromatic hydroxyl groups is 1. The minimum absolute atomic E-state index is 0.129. The minimum atomic E-state index is -1.41. The Balaban J connectivity index is 2.11. The summed E-state index contributed by atoms with van der Waals surface area (Å²) in [5.74, 6) is -1.04. The lowest BCUT2D eigenvalue weighted by molar-refractivity contribution is 0.0687. The van der Waals surface area contributed by atoms with Crippen molar-refractivity contribution >= 4 is 16.7 Å². The van der Waals surface area contributed by atoms with Crippen LogP contribution < -0.4 is 10.3 Å². The molecule has 0 unspecified atom stereocenters. The van der Waals surface area contributed by atoms with Crippen LogP contribution in [0.3, 0.4) is 0 Å². The van der Waals surface area contributed by atoms with Crippen molar-refractivity contribution < 1.29 is 19.7 Å². The van der Waals surface area contributed by atoms with Crippen molar-refractivity contribution in [3.05, 3.63) is 58.8 Å². The number of H-pyrrole nitrogens is 1. The number of carboxylic acid groups (broad SMARTS) is 1. The summed E-state index contributed by atoms with van der Waals surface area (Å²) in [5.41, 5.74) is -1.17. The van der Waals surface area contributed by atoms with Gasteiger partial charge >= 0.3 is 5.97 Å². The van der Waals surface area contributed by atoms with E-state index in [9.17, 15) is 14.7 Å². The van der Waals surface area contributed by atoms with E-state index in [1.54, 1.807) is 18.3 Å². The lowest BCUT2D eigenvalue weighted by Crippen LogP contribution is -2.13. The third kappa shape index (κ3) is 2.35. The molecule has 0 fully saturated rings. The molecule has 0 spiro atoms. The van der Waals surface area contributed by atoms with E-state index in [1.165, 1.54) is 24.4 Å². The Bertz CT molecular complexity index is 918. The molecule has 22 heavy (non-hydrogen) atoms. The molecule has 2 heterocycles. The van der Waals surface area contributed by atoms with Gasteiger partial charge in [0.15, 0.2) is 11.4 Å². The van der Waals surface area contributed by atoms with Gasteiger partial charge in [0, 0.05) is 11.6 Å². The zero-order valence-corrected chi connectivity index (χ0v) is 11.1. The van der Waals surface area contributed by atoms with Crippen molar-refractivity contribution in [2.75, 3.05) is 0 Å². The summed E-state index contributed by atoms with van der Waals surface area (Å²) in [6.45, 7) is 0. The summed E-state index contributed by atoms with van der Waals surface area (Å²) in [6, 6.07) is 7.78. The van der Waals surface area contributed by atoms with E-state index in [0.29, 0.717) is 11.5 Å². The Hall–Kier alpha value is -3.35. The van der Waals surface area contributed by atoms with Crippen molar-refractivity contribution in [3.63, 3.8) is 0 Å². The quantitative estimate of drug-likeness (QED) is 0.682. The number of hydrogen-bond acceptors (Lipinski definition) is 5. The average molecular weight is 298 g/mol. The Kier molecular flexibility index (Phi) is 3.23. The highest BCUT2D eigenvalue weighted by Gasteiger charge is 2.16. The highest BCUT2D eigenvalue weighted by Crippen LogP contribution is 2.29. The van der Waals surface area contributed by atoms with Gasteiger partial charge in [0.1, 0.15) is 11.5 Å². The number of benzene rings is 1. The molecule has 0 radical (unpaired) electrons. The predicted octanol–water partition coefficient (Wildman–Crippen LogP) is 2.12. The van der Waals surface area contributed by atoms with Crippen molar-refractivity contribution in [1.82, 2.24) is 9.97 Å². The van der Waals surface area contributed by atoms with E-state index < -0.39 is 23.0 Å². The average Bonchev–Trinajstić information content (AvgIpc) is 2.51. The van der Waals surface area contributed by atoms with Gasteiger partial charge in [-0.3, -0.25) is 9.78 Å². The van der Waals surface area contributed by atoms with Crippen molar-refractivity contribution in [3.8, 4) is 17.2 Å². The number of aromatic amines is 1. The van der Waals surface area contributed by atoms with Crippen LogP contribution in [0.5, 0.6) is 17.2 Å². The standard InChI is InChI=1S/C15H10N2O5/c18-13-10-4-3-8(22-9-2-1-5-16-7-9)6-11(10)14(19)17-12(13)15(20)21/h1-7,18H,(H,17,19)(H,20,21). The molecule has 0 aliphatic carbocycles. The Morgan fingerprint density at radius 1 is 1.18 bits per heavy atom.